The number of ketones is 1. The topological polar surface area (TPSA) is 91.2 Å². The summed E-state index contributed by atoms with van der Waals surface area (Å²) in [6.45, 7) is 0. The number of nitrogens with zero attached hydrogens (tertiary/aromatic N) is 2. The van der Waals surface area contributed by atoms with Crippen molar-refractivity contribution in [3.63, 3.8) is 0 Å². The molecule has 4 aromatic rings. The normalized spacial score (nSPS) is 31.9. The third-order valence-electron chi connectivity index (χ3n) is 9.52. The van der Waals surface area contributed by atoms with E-state index in [9.17, 15) is 9.59 Å². The van der Waals surface area contributed by atoms with E-state index in [1.54, 1.807) is 12.3 Å². The van der Waals surface area contributed by atoms with Gasteiger partial charge >= 0.3 is 0 Å². The number of furan rings is 1. The number of hydrogen-bond acceptors (Lipinski definition) is 5. The van der Waals surface area contributed by atoms with Crippen LogP contribution < -0.4 is 5.32 Å². The molecule has 5 unspecified atom stereocenters. The lowest BCUT2D eigenvalue weighted by Crippen LogP contribution is -2.56. The van der Waals surface area contributed by atoms with E-state index in [0.717, 1.165) is 48.0 Å². The molecule has 2 saturated heterocycles. The summed E-state index contributed by atoms with van der Waals surface area (Å²) >= 11 is 6.38. The van der Waals surface area contributed by atoms with E-state index >= 15 is 0 Å². The Kier molecular flexibility index (Phi) is 4.77. The van der Waals surface area contributed by atoms with Crippen LogP contribution in [0, 0.1) is 11.8 Å². The van der Waals surface area contributed by atoms with Gasteiger partial charge in [-0.05, 0) is 61.6 Å². The summed E-state index contributed by atoms with van der Waals surface area (Å²) < 4.78 is 6.04. The number of rotatable bonds is 3. The number of hydrogen-bond donors (Lipinski definition) is 2. The molecule has 4 aliphatic rings. The van der Waals surface area contributed by atoms with Crippen molar-refractivity contribution >= 4 is 40.0 Å². The number of H-pyrrole nitrogens is 1. The van der Waals surface area contributed by atoms with Crippen LogP contribution >= 0.6 is 11.6 Å². The molecule has 8 rings (SSSR count). The van der Waals surface area contributed by atoms with Gasteiger partial charge in [-0.2, -0.15) is 0 Å². The highest BCUT2D eigenvalue weighted by atomic mass is 35.5. The second kappa shape index (κ2) is 8.04. The molecule has 1 spiro atoms. The van der Waals surface area contributed by atoms with Gasteiger partial charge < -0.3 is 14.7 Å². The van der Waals surface area contributed by atoms with Crippen molar-refractivity contribution in [1.29, 1.82) is 0 Å². The van der Waals surface area contributed by atoms with Crippen LogP contribution in [0.4, 0.5) is 5.69 Å². The number of carbonyl (C=O) groups is 2. The van der Waals surface area contributed by atoms with Crippen molar-refractivity contribution in [1.82, 2.24) is 14.9 Å². The van der Waals surface area contributed by atoms with Crippen molar-refractivity contribution in [2.45, 2.75) is 55.6 Å². The van der Waals surface area contributed by atoms with Crippen LogP contribution in [-0.4, -0.2) is 38.6 Å². The van der Waals surface area contributed by atoms with Crippen molar-refractivity contribution in [2.75, 3.05) is 5.32 Å². The molecule has 0 bridgehead atoms. The van der Waals surface area contributed by atoms with Crippen LogP contribution in [0.1, 0.15) is 60.0 Å². The smallest absolute Gasteiger partial charge is 0.250 e. The largest absolute Gasteiger partial charge is 0.469 e. The number of aromatic nitrogens is 2. The van der Waals surface area contributed by atoms with Crippen LogP contribution in [0.15, 0.2) is 65.3 Å². The molecule has 2 N–H and O–H groups in total. The van der Waals surface area contributed by atoms with Crippen LogP contribution in [0.3, 0.4) is 0 Å². The van der Waals surface area contributed by atoms with Crippen molar-refractivity contribution in [3.8, 4) is 0 Å². The average Bonchev–Trinajstić information content (AvgIpc) is 3.73. The molecule has 2 aromatic carbocycles. The summed E-state index contributed by atoms with van der Waals surface area (Å²) in [5, 5.41) is 3.68. The zero-order valence-electron chi connectivity index (χ0n) is 20.7. The van der Waals surface area contributed by atoms with Gasteiger partial charge in [0.1, 0.15) is 11.3 Å². The maximum atomic E-state index is 14.7. The molecule has 38 heavy (non-hydrogen) atoms. The van der Waals surface area contributed by atoms with Crippen LogP contribution in [-0.2, 0) is 10.3 Å². The third kappa shape index (κ3) is 2.86. The summed E-state index contributed by atoms with van der Waals surface area (Å²) in [7, 11) is 0. The molecule has 1 saturated carbocycles. The number of anilines is 1. The second-order valence-electron chi connectivity index (χ2n) is 11.2. The summed E-state index contributed by atoms with van der Waals surface area (Å²) in [5.41, 5.74) is 1.87. The summed E-state index contributed by atoms with van der Waals surface area (Å²) in [6.07, 6.45) is 7.12. The monoisotopic (exact) mass is 526 g/mol. The fourth-order valence-corrected chi connectivity index (χ4v) is 8.42. The Morgan fingerprint density at radius 3 is 2.79 bits per heavy atom. The van der Waals surface area contributed by atoms with Crippen LogP contribution in [0.25, 0.3) is 11.0 Å². The number of nitrogens with one attached hydrogen (secondary N) is 2. The van der Waals surface area contributed by atoms with Crippen molar-refractivity contribution < 1.29 is 14.0 Å². The lowest BCUT2D eigenvalue weighted by molar-refractivity contribution is -0.129. The lowest BCUT2D eigenvalue weighted by atomic mass is 9.69. The molecule has 192 valence electrons. The Labute approximate surface area is 224 Å². The highest BCUT2D eigenvalue weighted by molar-refractivity contribution is 6.31. The molecule has 2 aromatic heterocycles. The van der Waals surface area contributed by atoms with Gasteiger partial charge in [0.05, 0.1) is 23.2 Å². The molecule has 3 aliphatic heterocycles. The van der Waals surface area contributed by atoms with E-state index in [2.05, 4.69) is 15.2 Å². The SMILES string of the molecule is O=C(c1nc2ccccc2[nH]1)C1C(c2ccco2)C2CC3CCCCC3N2[C@@]12C(=O)Nc1cc(Cl)ccc12. The minimum atomic E-state index is -1.17. The molecule has 8 heteroatoms. The first kappa shape index (κ1) is 22.6. The van der Waals surface area contributed by atoms with Gasteiger partial charge in [-0.25, -0.2) is 4.98 Å². The molecular weight excluding hydrogens is 500 g/mol. The fraction of sp³-hybridized carbons (Fsp3) is 0.367. The number of amides is 1. The van der Waals surface area contributed by atoms with Gasteiger partial charge in [0.15, 0.2) is 5.82 Å². The van der Waals surface area contributed by atoms with Gasteiger partial charge in [-0.1, -0.05) is 42.6 Å². The zero-order valence-corrected chi connectivity index (χ0v) is 21.4. The van der Waals surface area contributed by atoms with Crippen LogP contribution in [0.2, 0.25) is 5.02 Å². The maximum Gasteiger partial charge on any atom is 0.250 e. The predicted molar refractivity (Wildman–Crippen MR) is 143 cm³/mol. The Hall–Kier alpha value is -3.42. The van der Waals surface area contributed by atoms with Crippen LogP contribution in [0.5, 0.6) is 0 Å². The fourth-order valence-electron chi connectivity index (χ4n) is 8.25. The zero-order chi connectivity index (χ0) is 25.6. The number of imidazole rings is 1. The average molecular weight is 527 g/mol. The third-order valence-corrected chi connectivity index (χ3v) is 9.76. The number of Topliss-reactive ketones (excluding diaryl/α,β-unsaturated/α-hetero) is 1. The van der Waals surface area contributed by atoms with E-state index in [0.29, 0.717) is 16.6 Å². The number of halogens is 1. The van der Waals surface area contributed by atoms with E-state index in [1.165, 1.54) is 6.42 Å². The lowest BCUT2D eigenvalue weighted by Gasteiger charge is -2.42. The minimum Gasteiger partial charge on any atom is -0.469 e. The van der Waals surface area contributed by atoms with Gasteiger partial charge in [0.2, 0.25) is 11.7 Å². The molecular formula is C30H27ClN4O3. The Morgan fingerprint density at radius 1 is 1.08 bits per heavy atom. The quantitative estimate of drug-likeness (QED) is 0.325. The first-order valence-corrected chi connectivity index (χ1v) is 13.9. The number of benzene rings is 2. The molecule has 1 aliphatic carbocycles. The number of aromatic amines is 1. The molecule has 1 amide bonds. The van der Waals surface area contributed by atoms with E-state index < -0.39 is 11.5 Å². The summed E-state index contributed by atoms with van der Waals surface area (Å²) in [5.74, 6) is 0.198. The van der Waals surface area contributed by atoms with E-state index in [4.69, 9.17) is 21.0 Å². The van der Waals surface area contributed by atoms with Gasteiger partial charge in [-0.3, -0.25) is 14.5 Å². The molecule has 7 nitrogen and oxygen atoms in total. The highest BCUT2D eigenvalue weighted by Crippen LogP contribution is 2.64. The van der Waals surface area contributed by atoms with Crippen molar-refractivity contribution in [2.24, 2.45) is 11.8 Å². The van der Waals surface area contributed by atoms with Gasteiger partial charge in [0, 0.05) is 34.3 Å². The Morgan fingerprint density at radius 2 is 1.95 bits per heavy atom. The maximum absolute atomic E-state index is 14.7. The minimum absolute atomic E-state index is 0.0000404. The Balaban J connectivity index is 1.39. The highest BCUT2D eigenvalue weighted by Gasteiger charge is 2.73. The summed E-state index contributed by atoms with van der Waals surface area (Å²) in [4.78, 5) is 39.5. The van der Waals surface area contributed by atoms with Crippen molar-refractivity contribution in [3.05, 3.63) is 83.0 Å². The number of fused-ring (bicyclic) bond motifs is 7. The predicted octanol–water partition coefficient (Wildman–Crippen LogP) is 5.89. The molecule has 0 radical (unpaired) electrons. The number of para-hydroxylation sites is 2. The molecule has 5 heterocycles. The van der Waals surface area contributed by atoms with Gasteiger partial charge in [0.25, 0.3) is 0 Å². The first-order valence-electron chi connectivity index (χ1n) is 13.5. The Bertz CT molecular complexity index is 1560. The van der Waals surface area contributed by atoms with E-state index in [1.807, 2.05) is 48.5 Å². The standard InChI is InChI=1S/C30H27ClN4O3/c31-17-11-12-18-21(15-17)34-29(37)30(18)26(27(36)28-32-19-7-2-3-8-20(19)33-28)25(24-10-5-13-38-24)23-14-16-6-1-4-9-22(16)35(23)30/h2-3,5,7-8,10-13,15-16,22-23,25-26H,1,4,6,9,14H2,(H,32,33)(H,34,37)/t16?,22?,23?,25?,26?,30-/m1/s1. The molecule has 3 fully saturated rings. The van der Waals surface area contributed by atoms with Gasteiger partial charge in [-0.15, -0.1) is 0 Å². The molecule has 6 atom stereocenters. The second-order valence-corrected chi connectivity index (χ2v) is 11.7. The number of carbonyl (C=O) groups excluding carboxylic acids is 2. The summed E-state index contributed by atoms with van der Waals surface area (Å²) in [6, 6.07) is 17.3. The van der Waals surface area contributed by atoms with E-state index in [-0.39, 0.29) is 35.5 Å². The first-order chi connectivity index (χ1) is 18.6.